The zero-order chi connectivity index (χ0) is 11.3. The predicted octanol–water partition coefficient (Wildman–Crippen LogP) is 5.12. The SMILES string of the molecule is C=C(C)CC1CCC(=C)C1CCCCC. The third-order valence-electron chi connectivity index (χ3n) is 3.66. The lowest BCUT2D eigenvalue weighted by molar-refractivity contribution is 0.383. The number of hydrogen-bond acceptors (Lipinski definition) is 0. The summed E-state index contributed by atoms with van der Waals surface area (Å²) in [4.78, 5) is 0. The van der Waals surface area contributed by atoms with Crippen LogP contribution in [0.5, 0.6) is 0 Å². The van der Waals surface area contributed by atoms with Gasteiger partial charge in [-0.2, -0.15) is 0 Å². The molecule has 0 aromatic carbocycles. The molecule has 86 valence electrons. The van der Waals surface area contributed by atoms with Gasteiger partial charge >= 0.3 is 0 Å². The standard InChI is InChI=1S/C15H26/c1-5-6-7-8-15-13(4)9-10-14(15)11-12(2)3/h14-15H,2,4-11H2,1,3H3. The molecule has 2 atom stereocenters. The van der Waals surface area contributed by atoms with E-state index in [9.17, 15) is 0 Å². The van der Waals surface area contributed by atoms with Crippen LogP contribution in [-0.2, 0) is 0 Å². The summed E-state index contributed by atoms with van der Waals surface area (Å²) in [7, 11) is 0. The quantitative estimate of drug-likeness (QED) is 0.418. The molecule has 0 aliphatic heterocycles. The first kappa shape index (κ1) is 12.5. The van der Waals surface area contributed by atoms with Crippen molar-refractivity contribution in [1.82, 2.24) is 0 Å². The molecule has 0 heterocycles. The van der Waals surface area contributed by atoms with Crippen LogP contribution >= 0.6 is 0 Å². The first-order valence-electron chi connectivity index (χ1n) is 6.47. The van der Waals surface area contributed by atoms with E-state index in [2.05, 4.69) is 27.0 Å². The Bertz CT molecular complexity index is 224. The van der Waals surface area contributed by atoms with Crippen LogP contribution in [-0.4, -0.2) is 0 Å². The van der Waals surface area contributed by atoms with E-state index >= 15 is 0 Å². The monoisotopic (exact) mass is 206 g/mol. The van der Waals surface area contributed by atoms with Gasteiger partial charge in [-0.05, 0) is 44.4 Å². The summed E-state index contributed by atoms with van der Waals surface area (Å²) in [5, 5.41) is 0. The molecule has 0 amide bonds. The van der Waals surface area contributed by atoms with Crippen LogP contribution in [0.4, 0.5) is 0 Å². The smallest absolute Gasteiger partial charge is 0.0174 e. The molecule has 2 unspecified atom stereocenters. The average Bonchev–Trinajstić information content (AvgIpc) is 2.49. The molecule has 0 spiro atoms. The topological polar surface area (TPSA) is 0 Å². The molecule has 0 radical (unpaired) electrons. The summed E-state index contributed by atoms with van der Waals surface area (Å²) >= 11 is 0. The van der Waals surface area contributed by atoms with Gasteiger partial charge in [0.15, 0.2) is 0 Å². The fourth-order valence-corrected chi connectivity index (χ4v) is 2.84. The fourth-order valence-electron chi connectivity index (χ4n) is 2.84. The number of allylic oxidation sites excluding steroid dienone is 2. The van der Waals surface area contributed by atoms with Crippen LogP contribution in [0, 0.1) is 11.8 Å². The maximum Gasteiger partial charge on any atom is -0.0174 e. The van der Waals surface area contributed by atoms with Crippen LogP contribution in [0.15, 0.2) is 24.3 Å². The van der Waals surface area contributed by atoms with Crippen molar-refractivity contribution in [2.75, 3.05) is 0 Å². The van der Waals surface area contributed by atoms with Gasteiger partial charge in [-0.15, -0.1) is 6.58 Å². The van der Waals surface area contributed by atoms with E-state index in [1.54, 1.807) is 0 Å². The molecule has 1 saturated carbocycles. The number of hydrogen-bond donors (Lipinski definition) is 0. The van der Waals surface area contributed by atoms with Crippen molar-refractivity contribution >= 4 is 0 Å². The van der Waals surface area contributed by atoms with Crippen molar-refractivity contribution in [1.29, 1.82) is 0 Å². The molecule has 0 bridgehead atoms. The van der Waals surface area contributed by atoms with Crippen molar-refractivity contribution < 1.29 is 0 Å². The summed E-state index contributed by atoms with van der Waals surface area (Å²) in [6, 6.07) is 0. The lowest BCUT2D eigenvalue weighted by atomic mass is 9.85. The summed E-state index contributed by atoms with van der Waals surface area (Å²) in [5.41, 5.74) is 2.85. The van der Waals surface area contributed by atoms with E-state index in [4.69, 9.17) is 0 Å². The molecule has 0 aromatic heterocycles. The normalized spacial score (nSPS) is 25.9. The molecule has 15 heavy (non-hydrogen) atoms. The van der Waals surface area contributed by atoms with Crippen molar-refractivity contribution in [3.63, 3.8) is 0 Å². The Hall–Kier alpha value is -0.520. The molecule has 0 saturated heterocycles. The summed E-state index contributed by atoms with van der Waals surface area (Å²) in [6.45, 7) is 12.7. The van der Waals surface area contributed by atoms with E-state index in [0.29, 0.717) is 0 Å². The van der Waals surface area contributed by atoms with E-state index < -0.39 is 0 Å². The highest BCUT2D eigenvalue weighted by Gasteiger charge is 2.29. The van der Waals surface area contributed by atoms with Crippen LogP contribution in [0.25, 0.3) is 0 Å². The Kier molecular flexibility index (Phi) is 5.14. The number of unbranched alkanes of at least 4 members (excludes halogenated alkanes) is 2. The Morgan fingerprint density at radius 2 is 2.13 bits per heavy atom. The molecule has 1 fully saturated rings. The van der Waals surface area contributed by atoms with Crippen LogP contribution in [0.3, 0.4) is 0 Å². The Morgan fingerprint density at radius 1 is 1.40 bits per heavy atom. The summed E-state index contributed by atoms with van der Waals surface area (Å²) in [6.07, 6.45) is 9.28. The molecule has 0 nitrogen and oxygen atoms in total. The third-order valence-corrected chi connectivity index (χ3v) is 3.66. The van der Waals surface area contributed by atoms with Crippen LogP contribution in [0.2, 0.25) is 0 Å². The maximum absolute atomic E-state index is 4.24. The highest BCUT2D eigenvalue weighted by atomic mass is 14.3. The van der Waals surface area contributed by atoms with Gasteiger partial charge in [0.05, 0.1) is 0 Å². The lowest BCUT2D eigenvalue weighted by Gasteiger charge is -2.20. The minimum atomic E-state index is 0.799. The van der Waals surface area contributed by atoms with Crippen molar-refractivity contribution in [2.24, 2.45) is 11.8 Å². The zero-order valence-corrected chi connectivity index (χ0v) is 10.5. The minimum Gasteiger partial charge on any atom is -0.100 e. The van der Waals surface area contributed by atoms with Crippen molar-refractivity contribution in [2.45, 2.75) is 58.8 Å². The van der Waals surface area contributed by atoms with Gasteiger partial charge in [0, 0.05) is 0 Å². The van der Waals surface area contributed by atoms with Crippen molar-refractivity contribution in [3.05, 3.63) is 24.3 Å². The Morgan fingerprint density at radius 3 is 2.73 bits per heavy atom. The summed E-state index contributed by atoms with van der Waals surface area (Å²) < 4.78 is 0. The highest BCUT2D eigenvalue weighted by Crippen LogP contribution is 2.41. The summed E-state index contributed by atoms with van der Waals surface area (Å²) in [5.74, 6) is 1.65. The first-order valence-corrected chi connectivity index (χ1v) is 6.47. The largest absolute Gasteiger partial charge is 0.100 e. The van der Waals surface area contributed by atoms with E-state index in [-0.39, 0.29) is 0 Å². The molecule has 0 N–H and O–H groups in total. The second-order valence-corrected chi connectivity index (χ2v) is 5.22. The lowest BCUT2D eigenvalue weighted by Crippen LogP contribution is -2.09. The fraction of sp³-hybridized carbons (Fsp3) is 0.733. The molecular weight excluding hydrogens is 180 g/mol. The van der Waals surface area contributed by atoms with Gasteiger partial charge in [0.1, 0.15) is 0 Å². The minimum absolute atomic E-state index is 0.799. The second-order valence-electron chi connectivity index (χ2n) is 5.22. The second kappa shape index (κ2) is 6.15. The van der Waals surface area contributed by atoms with Gasteiger partial charge in [-0.1, -0.05) is 43.9 Å². The molecular formula is C15H26. The zero-order valence-electron chi connectivity index (χ0n) is 10.5. The van der Waals surface area contributed by atoms with Crippen LogP contribution < -0.4 is 0 Å². The van der Waals surface area contributed by atoms with Crippen molar-refractivity contribution in [3.8, 4) is 0 Å². The average molecular weight is 206 g/mol. The Balaban J connectivity index is 2.41. The molecule has 1 rings (SSSR count). The van der Waals surface area contributed by atoms with Crippen LogP contribution in [0.1, 0.15) is 58.8 Å². The Labute approximate surface area is 95.5 Å². The van der Waals surface area contributed by atoms with Gasteiger partial charge in [-0.25, -0.2) is 0 Å². The van der Waals surface area contributed by atoms with E-state index in [0.717, 1.165) is 11.8 Å². The van der Waals surface area contributed by atoms with Gasteiger partial charge < -0.3 is 0 Å². The number of rotatable bonds is 6. The van der Waals surface area contributed by atoms with E-state index in [1.807, 2.05) is 0 Å². The third kappa shape index (κ3) is 3.85. The molecule has 0 heteroatoms. The van der Waals surface area contributed by atoms with Gasteiger partial charge in [-0.3, -0.25) is 0 Å². The predicted molar refractivity (Wildman–Crippen MR) is 68.9 cm³/mol. The first-order chi connectivity index (χ1) is 7.15. The van der Waals surface area contributed by atoms with E-state index in [1.165, 1.54) is 56.1 Å². The maximum atomic E-state index is 4.24. The van der Waals surface area contributed by atoms with Gasteiger partial charge in [0.2, 0.25) is 0 Å². The molecule has 1 aliphatic rings. The molecule has 1 aliphatic carbocycles. The van der Waals surface area contributed by atoms with Gasteiger partial charge in [0.25, 0.3) is 0 Å². The molecule has 0 aromatic rings. The highest BCUT2D eigenvalue weighted by molar-refractivity contribution is 5.11.